The van der Waals surface area contributed by atoms with Crippen LogP contribution in [0.1, 0.15) is 1.43 Å². The van der Waals surface area contributed by atoms with Crippen molar-refractivity contribution in [3.63, 3.8) is 0 Å². The zero-order valence-corrected chi connectivity index (χ0v) is 6.69. The van der Waals surface area contributed by atoms with E-state index < -0.39 is 15.1 Å². The zero-order chi connectivity index (χ0) is 9.49. The number of hydrogen-bond donors (Lipinski definition) is 4. The van der Waals surface area contributed by atoms with E-state index in [1.165, 1.54) is 0 Å². The molecule has 0 saturated carbocycles. The minimum atomic E-state index is -4.99. The monoisotopic (exact) mass is 204 g/mol. The molecule has 4 N–H and O–H groups in total. The molecule has 0 aliphatic carbocycles. The number of rotatable bonds is 2. The van der Waals surface area contributed by atoms with Gasteiger partial charge in [-0.3, -0.25) is 4.89 Å². The van der Waals surface area contributed by atoms with E-state index in [0.29, 0.717) is 0 Å². The summed E-state index contributed by atoms with van der Waals surface area (Å²) in [4.78, 5) is 7.49. The summed E-state index contributed by atoms with van der Waals surface area (Å²) in [6.07, 6.45) is 0. The van der Waals surface area contributed by atoms with Crippen molar-refractivity contribution in [2.75, 3.05) is 0 Å². The van der Waals surface area contributed by atoms with E-state index in [9.17, 15) is 13.6 Å². The molecule has 0 aromatic rings. The maximum Gasteiger partial charge on any atom is 1.00 e. The third-order valence-electron chi connectivity index (χ3n) is 0.174. The Morgan fingerprint density at radius 3 is 1.42 bits per heavy atom. The van der Waals surface area contributed by atoms with Crippen molar-refractivity contribution in [1.82, 2.24) is 0 Å². The van der Waals surface area contributed by atoms with Crippen LogP contribution in [0.5, 0.6) is 0 Å². The van der Waals surface area contributed by atoms with Gasteiger partial charge in [0.05, 0.1) is 0 Å². The molecular weight excluding hydrogens is 199 g/mol. The van der Waals surface area contributed by atoms with Gasteiger partial charge in [-0.05, 0) is 9.05 Å². The van der Waals surface area contributed by atoms with Crippen LogP contribution < -0.4 is 18.9 Å². The molecule has 0 saturated heterocycles. The molecule has 0 radical (unpaired) electrons. The Labute approximate surface area is 79.2 Å². The number of phosphoric acid groups is 1. The van der Waals surface area contributed by atoms with E-state index in [0.717, 1.165) is 0 Å². The van der Waals surface area contributed by atoms with Gasteiger partial charge in [-0.25, -0.2) is 4.57 Å². The van der Waals surface area contributed by atoms with Gasteiger partial charge in [0.2, 0.25) is 0 Å². The second-order valence-corrected chi connectivity index (χ2v) is 2.17. The SMILES string of the molecule is O=P(O)(OF)OF.OB(O)O.[H-].[Li+]. The molecule has 0 fully saturated rings. The third-order valence-corrected chi connectivity index (χ3v) is 0.523. The Kier molecular flexibility index (Phi) is 14.7. The van der Waals surface area contributed by atoms with E-state index >= 15 is 0 Å². The molecule has 0 bridgehead atoms. The summed E-state index contributed by atoms with van der Waals surface area (Å²) in [7, 11) is -7.15. The summed E-state index contributed by atoms with van der Waals surface area (Å²) in [6, 6.07) is 0. The van der Waals surface area contributed by atoms with Gasteiger partial charge in [0.25, 0.3) is 0 Å². The fraction of sp³-hybridized carbons (Fsp3) is 0. The first-order valence-electron chi connectivity index (χ1n) is 1.83. The Bertz CT molecular complexity index is 125. The second-order valence-electron chi connectivity index (χ2n) is 0.953. The summed E-state index contributed by atoms with van der Waals surface area (Å²) in [6.45, 7) is 0. The molecule has 0 aliphatic heterocycles. The van der Waals surface area contributed by atoms with Crippen LogP contribution in [0.3, 0.4) is 0 Å². The van der Waals surface area contributed by atoms with Gasteiger partial charge in [-0.2, -0.15) is 0 Å². The minimum Gasteiger partial charge on any atom is -1.00 e. The summed E-state index contributed by atoms with van der Waals surface area (Å²) in [5.41, 5.74) is 0. The van der Waals surface area contributed by atoms with Crippen LogP contribution in [0.4, 0.5) is 9.05 Å². The molecule has 0 aliphatic rings. The van der Waals surface area contributed by atoms with Crippen molar-refractivity contribution in [1.29, 1.82) is 0 Å². The van der Waals surface area contributed by atoms with Crippen molar-refractivity contribution in [2.45, 2.75) is 0 Å². The topological polar surface area (TPSA) is 116 Å². The standard InChI is InChI=1S/BH3O3.F2HO4P.Li.H/c2-1(3)4;1-5-7(3,4)6-2;;/h2-4H;(H,3,4);;/q;;+1;-1. The van der Waals surface area contributed by atoms with Crippen LogP contribution >= 0.6 is 7.82 Å². The predicted octanol–water partition coefficient (Wildman–Crippen LogP) is -4.05. The first kappa shape index (κ1) is 18.3. The molecule has 0 unspecified atom stereocenters. The van der Waals surface area contributed by atoms with Crippen molar-refractivity contribution < 1.29 is 63.3 Å². The van der Waals surface area contributed by atoms with E-state index in [-0.39, 0.29) is 20.3 Å². The molecule has 70 valence electrons. The predicted molar refractivity (Wildman–Crippen MR) is 27.7 cm³/mol. The van der Waals surface area contributed by atoms with Crippen LogP contribution in [-0.4, -0.2) is 27.3 Å². The summed E-state index contributed by atoms with van der Waals surface area (Å²) >= 11 is 0. The Morgan fingerprint density at radius 1 is 1.25 bits per heavy atom. The largest absolute Gasteiger partial charge is 1.00 e. The number of hydrogen-bond acceptors (Lipinski definition) is 6. The molecule has 0 amide bonds. The van der Waals surface area contributed by atoms with Crippen molar-refractivity contribution in [2.24, 2.45) is 0 Å². The van der Waals surface area contributed by atoms with E-state index in [1.54, 1.807) is 0 Å². The summed E-state index contributed by atoms with van der Waals surface area (Å²) < 4.78 is 34.3. The van der Waals surface area contributed by atoms with Crippen LogP contribution in [-0.2, 0) is 14.0 Å². The van der Waals surface area contributed by atoms with Gasteiger partial charge >= 0.3 is 34.0 Å². The van der Waals surface area contributed by atoms with Crippen molar-refractivity contribution >= 4 is 15.1 Å². The Hall–Kier alpha value is 0.512. The van der Waals surface area contributed by atoms with Crippen LogP contribution in [0.2, 0.25) is 0 Å². The zero-order valence-electron chi connectivity index (χ0n) is 6.79. The molecular formula is H5BF2LiO7P. The van der Waals surface area contributed by atoms with Gasteiger partial charge < -0.3 is 16.5 Å². The first-order chi connectivity index (χ1) is 4.85. The average molecular weight is 204 g/mol. The van der Waals surface area contributed by atoms with E-state index in [4.69, 9.17) is 20.0 Å². The Balaban J connectivity index is -0.0000000600. The fourth-order valence-corrected chi connectivity index (χ4v) is 0.0319. The maximum atomic E-state index is 10.4. The molecule has 0 heterocycles. The van der Waals surface area contributed by atoms with Gasteiger partial charge in [-0.1, -0.05) is 9.46 Å². The van der Waals surface area contributed by atoms with Gasteiger partial charge in [-0.15, -0.1) is 0 Å². The molecule has 12 heavy (non-hydrogen) atoms. The normalized spacial score (nSPS) is 9.17. The van der Waals surface area contributed by atoms with Crippen LogP contribution in [0.25, 0.3) is 0 Å². The first-order valence-corrected chi connectivity index (χ1v) is 3.33. The van der Waals surface area contributed by atoms with Gasteiger partial charge in [0.1, 0.15) is 0 Å². The molecule has 0 atom stereocenters. The van der Waals surface area contributed by atoms with Crippen molar-refractivity contribution in [3.8, 4) is 0 Å². The summed E-state index contributed by atoms with van der Waals surface area (Å²) in [5.74, 6) is 0. The Morgan fingerprint density at radius 2 is 1.42 bits per heavy atom. The van der Waals surface area contributed by atoms with Crippen LogP contribution in [0.15, 0.2) is 0 Å². The molecule has 12 heteroatoms. The third kappa shape index (κ3) is 22.4. The molecule has 0 aromatic heterocycles. The number of halogens is 2. The van der Waals surface area contributed by atoms with Gasteiger partial charge in [0.15, 0.2) is 0 Å². The van der Waals surface area contributed by atoms with E-state index in [1.807, 2.05) is 0 Å². The maximum absolute atomic E-state index is 10.4. The smallest absolute Gasteiger partial charge is 1.00 e. The minimum absolute atomic E-state index is 0. The van der Waals surface area contributed by atoms with Crippen LogP contribution in [0, 0.1) is 0 Å². The fourth-order valence-electron chi connectivity index (χ4n) is 0.0106. The molecule has 0 rings (SSSR count). The van der Waals surface area contributed by atoms with E-state index in [2.05, 4.69) is 9.46 Å². The average Bonchev–Trinajstić information content (AvgIpc) is 1.87. The second kappa shape index (κ2) is 9.60. The van der Waals surface area contributed by atoms with Gasteiger partial charge in [0, 0.05) is 0 Å². The molecule has 7 nitrogen and oxygen atoms in total. The van der Waals surface area contributed by atoms with Crippen molar-refractivity contribution in [3.05, 3.63) is 0 Å². The molecule has 0 spiro atoms. The molecule has 0 aromatic carbocycles. The quantitative estimate of drug-likeness (QED) is 0.267. The summed E-state index contributed by atoms with van der Waals surface area (Å²) in [5, 5.41) is 21.5.